The number of hydrogen-bond acceptors (Lipinski definition) is 1. The fraction of sp³-hybridized carbons (Fsp3) is 0.800. The van der Waals surface area contributed by atoms with Gasteiger partial charge in [0.2, 0.25) is 0 Å². The lowest BCUT2D eigenvalue weighted by Gasteiger charge is -2.36. The molecule has 0 heterocycles. The molecule has 0 amide bonds. The van der Waals surface area contributed by atoms with Crippen LogP contribution in [0.1, 0.15) is 60.3 Å². The first kappa shape index (κ1) is 16.6. The van der Waals surface area contributed by atoms with Gasteiger partial charge < -0.3 is 4.90 Å². The van der Waals surface area contributed by atoms with Gasteiger partial charge in [0.1, 0.15) is 0 Å². The summed E-state index contributed by atoms with van der Waals surface area (Å²) in [5.74, 6) is 3.57. The van der Waals surface area contributed by atoms with Gasteiger partial charge in [-0.05, 0) is 49.4 Å². The second-order valence-corrected chi connectivity index (χ2v) is 8.70. The zero-order chi connectivity index (χ0) is 15.6. The monoisotopic (exact) mass is 289 g/mol. The summed E-state index contributed by atoms with van der Waals surface area (Å²) >= 11 is 0. The van der Waals surface area contributed by atoms with E-state index in [-0.39, 0.29) is 5.41 Å². The molecule has 0 aromatic rings. The van der Waals surface area contributed by atoms with Crippen molar-refractivity contribution in [2.45, 2.75) is 60.3 Å². The van der Waals surface area contributed by atoms with E-state index >= 15 is 0 Å². The molecule has 0 aliphatic heterocycles. The molecule has 120 valence electrons. The first-order chi connectivity index (χ1) is 9.79. The van der Waals surface area contributed by atoms with Crippen molar-refractivity contribution in [3.05, 3.63) is 24.4 Å². The topological polar surface area (TPSA) is 3.24 Å². The summed E-state index contributed by atoms with van der Waals surface area (Å²) in [7, 11) is 0. The van der Waals surface area contributed by atoms with Crippen LogP contribution in [0.4, 0.5) is 0 Å². The Morgan fingerprint density at radius 1 is 1.29 bits per heavy atom. The van der Waals surface area contributed by atoms with Gasteiger partial charge in [-0.3, -0.25) is 0 Å². The summed E-state index contributed by atoms with van der Waals surface area (Å²) in [6.45, 7) is 18.3. The summed E-state index contributed by atoms with van der Waals surface area (Å²) in [5, 5.41) is 0. The van der Waals surface area contributed by atoms with Crippen molar-refractivity contribution in [1.29, 1.82) is 0 Å². The first-order valence-corrected chi connectivity index (χ1v) is 8.88. The Hall–Kier alpha value is -0.720. The maximum absolute atomic E-state index is 4.41. The lowest BCUT2D eigenvalue weighted by molar-refractivity contribution is 0.228. The Kier molecular flexibility index (Phi) is 5.22. The molecule has 0 N–H and O–H groups in total. The number of hydrogen-bond donors (Lipinski definition) is 0. The molecular weight excluding hydrogens is 254 g/mol. The molecule has 3 atom stereocenters. The van der Waals surface area contributed by atoms with Gasteiger partial charge in [-0.2, -0.15) is 0 Å². The van der Waals surface area contributed by atoms with Crippen molar-refractivity contribution in [1.82, 2.24) is 4.90 Å². The van der Waals surface area contributed by atoms with Crippen LogP contribution in [0.5, 0.6) is 0 Å². The van der Waals surface area contributed by atoms with Gasteiger partial charge in [-0.1, -0.05) is 53.3 Å². The minimum atomic E-state index is 0.187. The van der Waals surface area contributed by atoms with E-state index in [0.717, 1.165) is 24.3 Å². The Bertz CT molecular complexity index is 385. The van der Waals surface area contributed by atoms with Crippen LogP contribution in [0.3, 0.4) is 0 Å². The van der Waals surface area contributed by atoms with Crippen LogP contribution >= 0.6 is 0 Å². The van der Waals surface area contributed by atoms with Gasteiger partial charge in [0.25, 0.3) is 0 Å². The van der Waals surface area contributed by atoms with E-state index in [1.165, 1.54) is 37.9 Å². The molecule has 0 aromatic carbocycles. The molecule has 0 saturated heterocycles. The summed E-state index contributed by atoms with van der Waals surface area (Å²) in [6, 6.07) is 0. The van der Waals surface area contributed by atoms with Crippen LogP contribution < -0.4 is 0 Å². The van der Waals surface area contributed by atoms with Crippen LogP contribution in [0.2, 0.25) is 0 Å². The molecule has 0 aromatic heterocycles. The molecule has 0 bridgehead atoms. The van der Waals surface area contributed by atoms with Gasteiger partial charge in [-0.25, -0.2) is 0 Å². The fourth-order valence-electron chi connectivity index (χ4n) is 3.76. The molecule has 1 saturated carbocycles. The molecule has 2 aliphatic carbocycles. The smallest absolute Gasteiger partial charge is 0.0206 e. The molecule has 21 heavy (non-hydrogen) atoms. The Labute approximate surface area is 132 Å². The molecular formula is C20H35N. The van der Waals surface area contributed by atoms with Gasteiger partial charge >= 0.3 is 0 Å². The highest BCUT2D eigenvalue weighted by Crippen LogP contribution is 2.49. The third-order valence-electron chi connectivity index (χ3n) is 5.18. The predicted octanol–water partition coefficient (Wildman–Crippen LogP) is 5.50. The highest BCUT2D eigenvalue weighted by Gasteiger charge is 2.43. The second-order valence-electron chi connectivity index (χ2n) is 8.70. The van der Waals surface area contributed by atoms with E-state index in [0.29, 0.717) is 5.92 Å². The van der Waals surface area contributed by atoms with Crippen molar-refractivity contribution in [2.75, 3.05) is 13.1 Å². The van der Waals surface area contributed by atoms with Gasteiger partial charge in [0, 0.05) is 24.2 Å². The Balaban J connectivity index is 1.91. The Morgan fingerprint density at radius 2 is 2.00 bits per heavy atom. The van der Waals surface area contributed by atoms with Crippen molar-refractivity contribution < 1.29 is 0 Å². The quantitative estimate of drug-likeness (QED) is 0.584. The molecule has 0 spiro atoms. The zero-order valence-electron chi connectivity index (χ0n) is 14.9. The minimum Gasteiger partial charge on any atom is -0.374 e. The predicted molar refractivity (Wildman–Crippen MR) is 93.1 cm³/mol. The molecule has 0 radical (unpaired) electrons. The average Bonchev–Trinajstić information content (AvgIpc) is 3.16. The summed E-state index contributed by atoms with van der Waals surface area (Å²) in [6.07, 6.45) is 10.3. The highest BCUT2D eigenvalue weighted by molar-refractivity contribution is 5.07. The third-order valence-corrected chi connectivity index (χ3v) is 5.18. The molecule has 1 nitrogen and oxygen atoms in total. The summed E-state index contributed by atoms with van der Waals surface area (Å²) in [5.41, 5.74) is 1.51. The van der Waals surface area contributed by atoms with Crippen molar-refractivity contribution >= 4 is 0 Å². The van der Waals surface area contributed by atoms with E-state index in [9.17, 15) is 0 Å². The van der Waals surface area contributed by atoms with Crippen LogP contribution in [-0.4, -0.2) is 18.0 Å². The van der Waals surface area contributed by atoms with Crippen molar-refractivity contribution in [2.24, 2.45) is 29.1 Å². The van der Waals surface area contributed by atoms with Crippen LogP contribution in [-0.2, 0) is 0 Å². The van der Waals surface area contributed by atoms with E-state index < -0.39 is 0 Å². The van der Waals surface area contributed by atoms with E-state index in [1.54, 1.807) is 0 Å². The first-order valence-electron chi connectivity index (χ1n) is 8.88. The summed E-state index contributed by atoms with van der Waals surface area (Å²) in [4.78, 5) is 2.59. The normalized spacial score (nSPS) is 28.8. The second kappa shape index (κ2) is 6.58. The summed E-state index contributed by atoms with van der Waals surface area (Å²) < 4.78 is 0. The third kappa shape index (κ3) is 4.63. The van der Waals surface area contributed by atoms with E-state index in [4.69, 9.17) is 0 Å². The maximum Gasteiger partial charge on any atom is 0.0206 e. The molecule has 1 heteroatoms. The van der Waals surface area contributed by atoms with E-state index in [2.05, 4.69) is 58.2 Å². The van der Waals surface area contributed by atoms with Gasteiger partial charge in [0.05, 0.1) is 0 Å². The van der Waals surface area contributed by atoms with Crippen LogP contribution in [0.15, 0.2) is 24.4 Å². The SMILES string of the molecule is C=C(N(CC(C)C)CC1CC1C1CC=CCC1)C(C)(C)C. The van der Waals surface area contributed by atoms with Crippen molar-refractivity contribution in [3.63, 3.8) is 0 Å². The minimum absolute atomic E-state index is 0.187. The molecule has 3 unspecified atom stereocenters. The average molecular weight is 290 g/mol. The lowest BCUT2D eigenvalue weighted by Crippen LogP contribution is -2.34. The maximum atomic E-state index is 4.41. The van der Waals surface area contributed by atoms with Crippen LogP contribution in [0, 0.1) is 29.1 Å². The molecule has 2 rings (SSSR count). The van der Waals surface area contributed by atoms with Crippen LogP contribution in [0.25, 0.3) is 0 Å². The van der Waals surface area contributed by atoms with Gasteiger partial charge in [-0.15, -0.1) is 0 Å². The highest BCUT2D eigenvalue weighted by atomic mass is 15.2. The fourth-order valence-corrected chi connectivity index (χ4v) is 3.76. The van der Waals surface area contributed by atoms with Gasteiger partial charge in [0.15, 0.2) is 0 Å². The molecule has 1 fully saturated rings. The largest absolute Gasteiger partial charge is 0.374 e. The standard InChI is InChI=1S/C20H35N/c1-15(2)13-21(16(3)20(4,5)6)14-18-12-19(18)17-10-8-7-9-11-17/h7-8,15,17-19H,3,9-14H2,1-2,4-6H3. The van der Waals surface area contributed by atoms with E-state index in [1.807, 2.05) is 0 Å². The number of rotatable bonds is 6. The van der Waals surface area contributed by atoms with Crippen molar-refractivity contribution in [3.8, 4) is 0 Å². The Morgan fingerprint density at radius 3 is 2.52 bits per heavy atom. The number of nitrogens with zero attached hydrogens (tertiary/aromatic N) is 1. The zero-order valence-corrected chi connectivity index (χ0v) is 14.9. The number of allylic oxidation sites excluding steroid dienone is 3. The lowest BCUT2D eigenvalue weighted by atomic mass is 9.88. The molecule has 2 aliphatic rings.